The van der Waals surface area contributed by atoms with Crippen LogP contribution in [0.2, 0.25) is 0 Å². The molecule has 2 rings (SSSR count). The van der Waals surface area contributed by atoms with Crippen molar-refractivity contribution in [2.45, 2.75) is 46.3 Å². The van der Waals surface area contributed by atoms with Crippen molar-refractivity contribution in [2.24, 2.45) is 0 Å². The van der Waals surface area contributed by atoms with Gasteiger partial charge in [-0.25, -0.2) is 0 Å². The van der Waals surface area contributed by atoms with E-state index in [2.05, 4.69) is 0 Å². The number of rotatable bonds is 5. The molecule has 0 unspecified atom stereocenters. The molecule has 0 spiro atoms. The van der Waals surface area contributed by atoms with Crippen molar-refractivity contribution in [1.82, 2.24) is 9.47 Å². The van der Waals surface area contributed by atoms with Crippen molar-refractivity contribution in [1.29, 1.82) is 5.26 Å². The van der Waals surface area contributed by atoms with Crippen LogP contribution in [-0.4, -0.2) is 27.5 Å². The minimum Gasteiger partial charge on any atom is -0.334 e. The maximum atomic E-state index is 13.1. The first-order valence-corrected chi connectivity index (χ1v) is 8.10. The van der Waals surface area contributed by atoms with E-state index < -0.39 is 6.55 Å². The molecule has 6 heteroatoms. The Morgan fingerprint density at radius 3 is 2.24 bits per heavy atom. The maximum Gasteiger partial charge on any atom is 0.319 e. The molecule has 132 valence electrons. The molecular formula is C19H21F2N3O. The number of aromatic nitrogens is 1. The molecule has 2 aromatic rings. The third-order valence-electron chi connectivity index (χ3n) is 3.99. The Kier molecular flexibility index (Phi) is 5.58. The first-order valence-electron chi connectivity index (χ1n) is 8.10. The van der Waals surface area contributed by atoms with E-state index in [4.69, 9.17) is 5.26 Å². The van der Waals surface area contributed by atoms with Gasteiger partial charge in [-0.3, -0.25) is 9.36 Å². The smallest absolute Gasteiger partial charge is 0.319 e. The molecule has 1 amide bonds. The molecule has 0 bridgehead atoms. The van der Waals surface area contributed by atoms with Crippen LogP contribution in [0.1, 0.15) is 50.3 Å². The second-order valence-electron chi connectivity index (χ2n) is 6.36. The van der Waals surface area contributed by atoms with Gasteiger partial charge in [0.05, 0.1) is 0 Å². The molecule has 0 saturated carbocycles. The van der Waals surface area contributed by atoms with Crippen LogP contribution in [0.15, 0.2) is 36.5 Å². The summed E-state index contributed by atoms with van der Waals surface area (Å²) in [7, 11) is 0. The highest BCUT2D eigenvalue weighted by molar-refractivity contribution is 6.01. The number of hydrogen-bond donors (Lipinski definition) is 0. The SMILES string of the molecule is CC(C)N(C(=O)c1ccccc1-c1cc(C#N)n(C(F)F)c1)C(C)C. The zero-order chi connectivity index (χ0) is 18.7. The average molecular weight is 345 g/mol. The number of nitriles is 1. The van der Waals surface area contributed by atoms with Crippen molar-refractivity contribution in [3.05, 3.63) is 47.8 Å². The van der Waals surface area contributed by atoms with Crippen molar-refractivity contribution in [3.63, 3.8) is 0 Å². The minimum atomic E-state index is -2.81. The molecule has 0 aliphatic heterocycles. The van der Waals surface area contributed by atoms with E-state index in [9.17, 15) is 13.6 Å². The third kappa shape index (κ3) is 3.71. The zero-order valence-corrected chi connectivity index (χ0v) is 14.7. The number of hydrogen-bond acceptors (Lipinski definition) is 2. The van der Waals surface area contributed by atoms with E-state index in [0.29, 0.717) is 21.3 Å². The molecule has 0 radical (unpaired) electrons. The summed E-state index contributed by atoms with van der Waals surface area (Å²) in [5.74, 6) is -0.163. The van der Waals surface area contributed by atoms with Crippen LogP contribution < -0.4 is 0 Å². The van der Waals surface area contributed by atoms with Gasteiger partial charge >= 0.3 is 6.55 Å². The molecule has 0 N–H and O–H groups in total. The predicted octanol–water partition coefficient (Wildman–Crippen LogP) is 4.68. The summed E-state index contributed by atoms with van der Waals surface area (Å²) >= 11 is 0. The second-order valence-corrected chi connectivity index (χ2v) is 6.36. The molecule has 0 aliphatic carbocycles. The van der Waals surface area contributed by atoms with Crippen molar-refractivity contribution < 1.29 is 13.6 Å². The third-order valence-corrected chi connectivity index (χ3v) is 3.99. The Morgan fingerprint density at radius 2 is 1.76 bits per heavy atom. The van der Waals surface area contributed by atoms with Crippen LogP contribution in [0.5, 0.6) is 0 Å². The molecule has 0 fully saturated rings. The fourth-order valence-electron chi connectivity index (χ4n) is 3.00. The summed E-state index contributed by atoms with van der Waals surface area (Å²) in [5, 5.41) is 9.06. The highest BCUT2D eigenvalue weighted by Gasteiger charge is 2.25. The van der Waals surface area contributed by atoms with Crippen molar-refractivity contribution >= 4 is 5.91 Å². The quantitative estimate of drug-likeness (QED) is 0.790. The number of amides is 1. The average Bonchev–Trinajstić information content (AvgIpc) is 2.98. The Hall–Kier alpha value is -2.68. The normalized spacial score (nSPS) is 11.2. The summed E-state index contributed by atoms with van der Waals surface area (Å²) in [4.78, 5) is 14.8. The van der Waals surface area contributed by atoms with E-state index >= 15 is 0 Å². The minimum absolute atomic E-state index is 0.000822. The van der Waals surface area contributed by atoms with Gasteiger partial charge < -0.3 is 4.90 Å². The van der Waals surface area contributed by atoms with Crippen molar-refractivity contribution in [2.75, 3.05) is 0 Å². The Labute approximate surface area is 146 Å². The van der Waals surface area contributed by atoms with Crippen LogP contribution >= 0.6 is 0 Å². The van der Waals surface area contributed by atoms with Gasteiger partial charge in [0.2, 0.25) is 0 Å². The molecule has 1 aromatic heterocycles. The zero-order valence-electron chi connectivity index (χ0n) is 14.7. The van der Waals surface area contributed by atoms with Gasteiger partial charge in [0.15, 0.2) is 0 Å². The topological polar surface area (TPSA) is 49.0 Å². The summed E-state index contributed by atoms with van der Waals surface area (Å²) in [6.07, 6.45) is 1.21. The van der Waals surface area contributed by atoms with Gasteiger partial charge in [0.1, 0.15) is 11.8 Å². The molecule has 4 nitrogen and oxygen atoms in total. The fraction of sp³-hybridized carbons (Fsp3) is 0.368. The molecule has 25 heavy (non-hydrogen) atoms. The van der Waals surface area contributed by atoms with E-state index in [-0.39, 0.29) is 23.7 Å². The highest BCUT2D eigenvalue weighted by atomic mass is 19.3. The number of halogens is 2. The molecule has 1 heterocycles. The molecule has 0 atom stereocenters. The lowest BCUT2D eigenvalue weighted by Crippen LogP contribution is -2.42. The summed E-state index contributed by atoms with van der Waals surface area (Å²) in [6, 6.07) is 10.0. The van der Waals surface area contributed by atoms with Crippen LogP contribution in [0.4, 0.5) is 8.78 Å². The molecule has 0 aliphatic rings. The van der Waals surface area contributed by atoms with Crippen LogP contribution in [-0.2, 0) is 0 Å². The van der Waals surface area contributed by atoms with Gasteiger partial charge in [-0.1, -0.05) is 18.2 Å². The van der Waals surface area contributed by atoms with Gasteiger partial charge in [0, 0.05) is 29.4 Å². The number of carbonyl (C=O) groups is 1. The van der Waals surface area contributed by atoms with E-state index in [0.717, 1.165) is 0 Å². The van der Waals surface area contributed by atoms with Gasteiger partial charge in [0.25, 0.3) is 5.91 Å². The standard InChI is InChI=1S/C19H21F2N3O/c1-12(2)24(13(3)4)18(25)17-8-6-5-7-16(17)14-9-15(10-22)23(11-14)19(20)21/h5-9,11-13,19H,1-4H3. The molecular weight excluding hydrogens is 324 g/mol. The number of alkyl halides is 2. The Morgan fingerprint density at radius 1 is 1.16 bits per heavy atom. The number of benzene rings is 1. The van der Waals surface area contributed by atoms with Gasteiger partial charge in [-0.05, 0) is 45.4 Å². The highest BCUT2D eigenvalue weighted by Crippen LogP contribution is 2.29. The lowest BCUT2D eigenvalue weighted by molar-refractivity contribution is 0.0644. The maximum absolute atomic E-state index is 13.1. The fourth-order valence-corrected chi connectivity index (χ4v) is 3.00. The van der Waals surface area contributed by atoms with Gasteiger partial charge in [-0.2, -0.15) is 14.0 Å². The van der Waals surface area contributed by atoms with E-state index in [1.54, 1.807) is 35.2 Å². The number of nitrogens with zero attached hydrogens (tertiary/aromatic N) is 3. The monoisotopic (exact) mass is 345 g/mol. The van der Waals surface area contributed by atoms with Crippen LogP contribution in [0.3, 0.4) is 0 Å². The lowest BCUT2D eigenvalue weighted by atomic mass is 10.00. The first-order chi connectivity index (χ1) is 11.8. The lowest BCUT2D eigenvalue weighted by Gasteiger charge is -2.31. The predicted molar refractivity (Wildman–Crippen MR) is 92.3 cm³/mol. The van der Waals surface area contributed by atoms with Crippen LogP contribution in [0, 0.1) is 11.3 Å². The Bertz CT molecular complexity index is 795. The Balaban J connectivity index is 2.56. The van der Waals surface area contributed by atoms with Crippen molar-refractivity contribution in [3.8, 4) is 17.2 Å². The van der Waals surface area contributed by atoms with Crippen LogP contribution in [0.25, 0.3) is 11.1 Å². The summed E-state index contributed by atoms with van der Waals surface area (Å²) in [6.45, 7) is 4.92. The molecule has 0 saturated heterocycles. The van der Waals surface area contributed by atoms with E-state index in [1.807, 2.05) is 27.7 Å². The molecule has 1 aromatic carbocycles. The first kappa shape index (κ1) is 18.7. The van der Waals surface area contributed by atoms with Gasteiger partial charge in [-0.15, -0.1) is 0 Å². The number of carbonyl (C=O) groups excluding carboxylic acids is 1. The summed E-state index contributed by atoms with van der Waals surface area (Å²) < 4.78 is 26.8. The summed E-state index contributed by atoms with van der Waals surface area (Å²) in [5.41, 5.74) is 1.25. The largest absolute Gasteiger partial charge is 0.334 e. The van der Waals surface area contributed by atoms with E-state index in [1.165, 1.54) is 12.3 Å². The second kappa shape index (κ2) is 7.47.